The normalized spacial score (nSPS) is 15.5. The fourth-order valence-corrected chi connectivity index (χ4v) is 3.48. The van der Waals surface area contributed by atoms with E-state index in [9.17, 15) is 9.59 Å². The molecule has 0 radical (unpaired) electrons. The highest BCUT2D eigenvalue weighted by molar-refractivity contribution is 5.86. The van der Waals surface area contributed by atoms with Gasteiger partial charge in [0.05, 0.1) is 5.52 Å². The van der Waals surface area contributed by atoms with E-state index in [1.807, 2.05) is 30.3 Å². The Labute approximate surface area is 150 Å². The molecule has 26 heavy (non-hydrogen) atoms. The lowest BCUT2D eigenvalue weighted by Crippen LogP contribution is -2.41. The van der Waals surface area contributed by atoms with Gasteiger partial charge in [0, 0.05) is 57.7 Å². The maximum Gasteiger partial charge on any atom is 0.329 e. The number of hydrogen-bond acceptors (Lipinski definition) is 4. The van der Waals surface area contributed by atoms with E-state index in [2.05, 4.69) is 21.7 Å². The van der Waals surface area contributed by atoms with Gasteiger partial charge in [0.2, 0.25) is 0 Å². The van der Waals surface area contributed by atoms with Crippen LogP contribution in [0.25, 0.3) is 10.9 Å². The number of hydrogen-bond donors (Lipinski definition) is 1. The maximum absolute atomic E-state index is 11.8. The average Bonchev–Trinajstić information content (AvgIpc) is 3.02. The summed E-state index contributed by atoms with van der Waals surface area (Å²) in [7, 11) is 3.49. The van der Waals surface area contributed by atoms with Crippen LogP contribution in [0.15, 0.2) is 46.1 Å². The van der Waals surface area contributed by atoms with Gasteiger partial charge in [-0.1, -0.05) is 6.07 Å². The second kappa shape index (κ2) is 6.40. The summed E-state index contributed by atoms with van der Waals surface area (Å²) in [6, 6.07) is 9.65. The lowest BCUT2D eigenvalue weighted by molar-refractivity contribution is 0.173. The van der Waals surface area contributed by atoms with Crippen molar-refractivity contribution in [1.29, 1.82) is 0 Å². The van der Waals surface area contributed by atoms with Crippen molar-refractivity contribution in [3.05, 3.63) is 57.4 Å². The molecule has 3 heterocycles. The Bertz CT molecular complexity index is 1020. The maximum atomic E-state index is 11.8. The lowest BCUT2D eigenvalue weighted by Gasteiger charge is -2.33. The van der Waals surface area contributed by atoms with Crippen molar-refractivity contribution in [2.24, 2.45) is 14.1 Å². The van der Waals surface area contributed by atoms with Crippen LogP contribution in [0.1, 0.15) is 12.8 Å². The van der Waals surface area contributed by atoms with Crippen LogP contribution in [0.4, 0.5) is 5.82 Å². The van der Waals surface area contributed by atoms with Gasteiger partial charge in [-0.05, 0) is 18.2 Å². The summed E-state index contributed by atoms with van der Waals surface area (Å²) in [4.78, 5) is 28.4. The van der Waals surface area contributed by atoms with E-state index < -0.39 is 0 Å². The largest absolute Gasteiger partial charge is 0.490 e. The summed E-state index contributed by atoms with van der Waals surface area (Å²) < 4.78 is 9.40. The molecule has 2 aromatic heterocycles. The van der Waals surface area contributed by atoms with Crippen LogP contribution in [-0.4, -0.2) is 33.3 Å². The van der Waals surface area contributed by atoms with Gasteiger partial charge >= 0.3 is 5.69 Å². The first-order valence-electron chi connectivity index (χ1n) is 8.79. The van der Waals surface area contributed by atoms with Crippen LogP contribution in [0.3, 0.4) is 0 Å². The van der Waals surface area contributed by atoms with E-state index in [0.717, 1.165) is 47.2 Å². The highest BCUT2D eigenvalue weighted by atomic mass is 16.5. The zero-order valence-electron chi connectivity index (χ0n) is 14.9. The number of rotatable bonds is 3. The van der Waals surface area contributed by atoms with Gasteiger partial charge in [0.1, 0.15) is 17.7 Å². The number of ether oxygens (including phenoxy) is 1. The molecular formula is C19H22N4O3. The smallest absolute Gasteiger partial charge is 0.329 e. The molecule has 0 bridgehead atoms. The molecule has 1 fully saturated rings. The second-order valence-corrected chi connectivity index (χ2v) is 6.78. The highest BCUT2D eigenvalue weighted by Crippen LogP contribution is 2.29. The van der Waals surface area contributed by atoms with Gasteiger partial charge in [0.25, 0.3) is 5.56 Å². The van der Waals surface area contributed by atoms with E-state index in [0.29, 0.717) is 5.82 Å². The van der Waals surface area contributed by atoms with Crippen molar-refractivity contribution in [2.75, 3.05) is 18.0 Å². The Hall–Kier alpha value is -2.96. The summed E-state index contributed by atoms with van der Waals surface area (Å²) in [5, 5.41) is 1.12. The number of piperidine rings is 1. The Morgan fingerprint density at radius 3 is 2.62 bits per heavy atom. The minimum atomic E-state index is -0.387. The summed E-state index contributed by atoms with van der Waals surface area (Å²) >= 11 is 0. The second-order valence-electron chi connectivity index (χ2n) is 6.78. The van der Waals surface area contributed by atoms with E-state index in [-0.39, 0.29) is 17.4 Å². The molecule has 0 amide bonds. The molecule has 1 aromatic carbocycles. The molecular weight excluding hydrogens is 332 g/mol. The van der Waals surface area contributed by atoms with Crippen molar-refractivity contribution < 1.29 is 4.74 Å². The average molecular weight is 354 g/mol. The number of nitrogens with one attached hydrogen (secondary N) is 1. The third kappa shape index (κ3) is 2.89. The Morgan fingerprint density at radius 2 is 1.88 bits per heavy atom. The SMILES string of the molecule is Cn1c(=O)cc(N2CCC(Oc3cccc4c3ccn4C)CC2)[nH]c1=O. The van der Waals surface area contributed by atoms with Crippen LogP contribution >= 0.6 is 0 Å². The van der Waals surface area contributed by atoms with Crippen molar-refractivity contribution in [3.63, 3.8) is 0 Å². The molecule has 1 saturated heterocycles. The number of aromatic amines is 1. The first-order chi connectivity index (χ1) is 12.5. The lowest BCUT2D eigenvalue weighted by atomic mass is 10.1. The molecule has 1 N–H and O–H groups in total. The predicted octanol–water partition coefficient (Wildman–Crippen LogP) is 1.61. The number of aromatic nitrogens is 3. The van der Waals surface area contributed by atoms with Crippen molar-refractivity contribution in [2.45, 2.75) is 18.9 Å². The number of nitrogens with zero attached hydrogens (tertiary/aromatic N) is 3. The molecule has 136 valence electrons. The van der Waals surface area contributed by atoms with Gasteiger partial charge < -0.3 is 14.2 Å². The summed E-state index contributed by atoms with van der Waals surface area (Å²) in [6.45, 7) is 1.47. The van der Waals surface area contributed by atoms with Gasteiger partial charge in [-0.3, -0.25) is 14.3 Å². The van der Waals surface area contributed by atoms with Gasteiger partial charge in [0.15, 0.2) is 0 Å². The fraction of sp³-hybridized carbons (Fsp3) is 0.368. The zero-order valence-corrected chi connectivity index (χ0v) is 14.9. The summed E-state index contributed by atoms with van der Waals surface area (Å²) in [5.74, 6) is 1.49. The highest BCUT2D eigenvalue weighted by Gasteiger charge is 2.22. The number of benzene rings is 1. The molecule has 0 saturated carbocycles. The minimum absolute atomic E-state index is 0.121. The zero-order chi connectivity index (χ0) is 18.3. The van der Waals surface area contributed by atoms with Gasteiger partial charge in [-0.25, -0.2) is 4.79 Å². The van der Waals surface area contributed by atoms with E-state index >= 15 is 0 Å². The summed E-state index contributed by atoms with van der Waals surface area (Å²) in [6.07, 6.45) is 3.82. The summed E-state index contributed by atoms with van der Waals surface area (Å²) in [5.41, 5.74) is 0.470. The molecule has 7 nitrogen and oxygen atoms in total. The van der Waals surface area contributed by atoms with Crippen LogP contribution in [0, 0.1) is 0 Å². The van der Waals surface area contributed by atoms with Crippen LogP contribution < -0.4 is 20.9 Å². The van der Waals surface area contributed by atoms with E-state index in [4.69, 9.17) is 4.74 Å². The van der Waals surface area contributed by atoms with Crippen LogP contribution in [-0.2, 0) is 14.1 Å². The number of fused-ring (bicyclic) bond motifs is 1. The Morgan fingerprint density at radius 1 is 1.12 bits per heavy atom. The molecule has 0 atom stereocenters. The molecule has 7 heteroatoms. The molecule has 1 aliphatic heterocycles. The minimum Gasteiger partial charge on any atom is -0.490 e. The topological polar surface area (TPSA) is 72.3 Å². The quantitative estimate of drug-likeness (QED) is 0.776. The molecule has 0 spiro atoms. The molecule has 3 aromatic rings. The van der Waals surface area contributed by atoms with E-state index in [1.165, 1.54) is 13.1 Å². The predicted molar refractivity (Wildman–Crippen MR) is 101 cm³/mol. The van der Waals surface area contributed by atoms with Gasteiger partial charge in [-0.15, -0.1) is 0 Å². The third-order valence-corrected chi connectivity index (χ3v) is 5.09. The van der Waals surface area contributed by atoms with Crippen LogP contribution in [0.5, 0.6) is 5.75 Å². The molecule has 0 unspecified atom stereocenters. The first-order valence-corrected chi connectivity index (χ1v) is 8.79. The number of H-pyrrole nitrogens is 1. The molecule has 0 aliphatic carbocycles. The van der Waals surface area contributed by atoms with Crippen molar-refractivity contribution >= 4 is 16.7 Å². The first kappa shape index (κ1) is 16.5. The van der Waals surface area contributed by atoms with Gasteiger partial charge in [-0.2, -0.15) is 0 Å². The third-order valence-electron chi connectivity index (χ3n) is 5.09. The standard InChI is InChI=1S/C19H22N4O3/c1-21-9-8-14-15(21)4-3-5-16(14)26-13-6-10-23(11-7-13)17-12-18(24)22(2)19(25)20-17/h3-5,8-9,12-13H,6-7,10-11H2,1-2H3,(H,20,25). The molecule has 4 rings (SSSR count). The molecule has 1 aliphatic rings. The van der Waals surface area contributed by atoms with Crippen molar-refractivity contribution in [1.82, 2.24) is 14.1 Å². The van der Waals surface area contributed by atoms with Crippen LogP contribution in [0.2, 0.25) is 0 Å². The number of aryl methyl sites for hydroxylation is 1. The monoisotopic (exact) mass is 354 g/mol. The van der Waals surface area contributed by atoms with Crippen molar-refractivity contribution in [3.8, 4) is 5.75 Å². The number of anilines is 1. The fourth-order valence-electron chi connectivity index (χ4n) is 3.48. The van der Waals surface area contributed by atoms with E-state index in [1.54, 1.807) is 0 Å². The Balaban J connectivity index is 1.47. The Kier molecular flexibility index (Phi) is 4.06.